The summed E-state index contributed by atoms with van der Waals surface area (Å²) in [5, 5.41) is 6.37. The van der Waals surface area contributed by atoms with Gasteiger partial charge in [-0.15, -0.1) is 0 Å². The van der Waals surface area contributed by atoms with Gasteiger partial charge in [0.25, 0.3) is 0 Å². The van der Waals surface area contributed by atoms with E-state index >= 15 is 0 Å². The molecule has 1 aromatic rings. The zero-order chi connectivity index (χ0) is 13.5. The fourth-order valence-corrected chi connectivity index (χ4v) is 2.59. The summed E-state index contributed by atoms with van der Waals surface area (Å²) in [7, 11) is 0. The molecular formula is C16H24N2O. The van der Waals surface area contributed by atoms with Crippen LogP contribution in [0.5, 0.6) is 0 Å². The van der Waals surface area contributed by atoms with Crippen LogP contribution in [0.2, 0.25) is 0 Å². The number of hydrogen-bond donors (Lipinski definition) is 2. The van der Waals surface area contributed by atoms with Gasteiger partial charge in [0.1, 0.15) is 0 Å². The summed E-state index contributed by atoms with van der Waals surface area (Å²) in [6.07, 6.45) is 2.95. The zero-order valence-electron chi connectivity index (χ0n) is 11.7. The first-order valence-corrected chi connectivity index (χ1v) is 7.30. The molecule has 0 saturated carbocycles. The van der Waals surface area contributed by atoms with Gasteiger partial charge in [0.15, 0.2) is 0 Å². The quantitative estimate of drug-likeness (QED) is 0.853. The van der Waals surface area contributed by atoms with Crippen molar-refractivity contribution in [2.75, 3.05) is 19.6 Å². The molecule has 1 amide bonds. The maximum Gasteiger partial charge on any atom is 0.223 e. The summed E-state index contributed by atoms with van der Waals surface area (Å²) in [6.45, 7) is 4.93. The minimum absolute atomic E-state index is 0.216. The topological polar surface area (TPSA) is 41.1 Å². The van der Waals surface area contributed by atoms with Crippen molar-refractivity contribution in [3.8, 4) is 0 Å². The van der Waals surface area contributed by atoms with E-state index in [1.807, 2.05) is 6.07 Å². The van der Waals surface area contributed by atoms with Crippen molar-refractivity contribution in [2.24, 2.45) is 5.92 Å². The molecule has 2 N–H and O–H groups in total. The largest absolute Gasteiger partial charge is 0.356 e. The number of amides is 1. The number of piperidine rings is 1. The SMILES string of the molecule is CC(CCNC(=O)C1CCNCC1)c1ccccc1. The van der Waals surface area contributed by atoms with Crippen LogP contribution in [0.3, 0.4) is 0 Å². The highest BCUT2D eigenvalue weighted by Gasteiger charge is 2.20. The fraction of sp³-hybridized carbons (Fsp3) is 0.562. The lowest BCUT2D eigenvalue weighted by Crippen LogP contribution is -2.38. The molecule has 1 heterocycles. The first-order chi connectivity index (χ1) is 9.27. The summed E-state index contributed by atoms with van der Waals surface area (Å²) in [4.78, 5) is 12.0. The fourth-order valence-electron chi connectivity index (χ4n) is 2.59. The minimum atomic E-state index is 0.216. The average Bonchev–Trinajstić information content (AvgIpc) is 2.49. The van der Waals surface area contributed by atoms with Crippen molar-refractivity contribution in [1.82, 2.24) is 10.6 Å². The molecule has 3 nitrogen and oxygen atoms in total. The summed E-state index contributed by atoms with van der Waals surface area (Å²) >= 11 is 0. The molecule has 1 unspecified atom stereocenters. The van der Waals surface area contributed by atoms with Crippen molar-refractivity contribution in [1.29, 1.82) is 0 Å². The van der Waals surface area contributed by atoms with Crippen molar-refractivity contribution < 1.29 is 4.79 Å². The second-order valence-corrected chi connectivity index (χ2v) is 5.42. The van der Waals surface area contributed by atoms with Crippen molar-refractivity contribution in [3.63, 3.8) is 0 Å². The van der Waals surface area contributed by atoms with E-state index in [2.05, 4.69) is 41.8 Å². The Bertz CT molecular complexity index is 385. The molecule has 104 valence electrons. The Balaban J connectivity index is 1.69. The molecule has 1 aromatic carbocycles. The molecule has 1 saturated heterocycles. The van der Waals surface area contributed by atoms with Gasteiger partial charge < -0.3 is 10.6 Å². The van der Waals surface area contributed by atoms with Crippen LogP contribution in [0.1, 0.15) is 37.7 Å². The van der Waals surface area contributed by atoms with E-state index in [9.17, 15) is 4.79 Å². The third-order valence-corrected chi connectivity index (χ3v) is 3.96. The number of carbonyl (C=O) groups excluding carboxylic acids is 1. The molecular weight excluding hydrogens is 236 g/mol. The molecule has 1 aliphatic rings. The van der Waals surface area contributed by atoms with Crippen LogP contribution in [-0.4, -0.2) is 25.5 Å². The molecule has 1 fully saturated rings. The smallest absolute Gasteiger partial charge is 0.223 e. The Labute approximate surface area is 115 Å². The summed E-state index contributed by atoms with van der Waals surface area (Å²) in [5.74, 6) is 0.949. The monoisotopic (exact) mass is 260 g/mol. The zero-order valence-corrected chi connectivity index (χ0v) is 11.7. The molecule has 0 aliphatic carbocycles. The molecule has 0 aromatic heterocycles. The van der Waals surface area contributed by atoms with E-state index in [4.69, 9.17) is 0 Å². The molecule has 2 rings (SSSR count). The number of hydrogen-bond acceptors (Lipinski definition) is 2. The van der Waals surface area contributed by atoms with Crippen LogP contribution in [0, 0.1) is 5.92 Å². The van der Waals surface area contributed by atoms with Crippen LogP contribution < -0.4 is 10.6 Å². The highest BCUT2D eigenvalue weighted by molar-refractivity contribution is 5.78. The second kappa shape index (κ2) is 7.29. The molecule has 1 aliphatic heterocycles. The van der Waals surface area contributed by atoms with Gasteiger partial charge in [-0.2, -0.15) is 0 Å². The van der Waals surface area contributed by atoms with E-state index < -0.39 is 0 Å². The van der Waals surface area contributed by atoms with Gasteiger partial charge in [-0.1, -0.05) is 37.3 Å². The predicted octanol–water partition coefficient (Wildman–Crippen LogP) is 2.30. The molecule has 0 radical (unpaired) electrons. The summed E-state index contributed by atoms with van der Waals surface area (Å²) in [5.41, 5.74) is 1.35. The molecule has 0 bridgehead atoms. The van der Waals surface area contributed by atoms with E-state index in [1.54, 1.807) is 0 Å². The third-order valence-electron chi connectivity index (χ3n) is 3.96. The Morgan fingerprint density at radius 2 is 2.00 bits per heavy atom. The maximum atomic E-state index is 12.0. The van der Waals surface area contributed by atoms with Crippen LogP contribution >= 0.6 is 0 Å². The summed E-state index contributed by atoms with van der Waals surface area (Å²) < 4.78 is 0. The number of benzene rings is 1. The van der Waals surface area contributed by atoms with Gasteiger partial charge in [0.05, 0.1) is 0 Å². The molecule has 1 atom stereocenters. The van der Waals surface area contributed by atoms with Crippen LogP contribution in [0.25, 0.3) is 0 Å². The number of rotatable bonds is 5. The van der Waals surface area contributed by atoms with Crippen molar-refractivity contribution >= 4 is 5.91 Å². The lowest BCUT2D eigenvalue weighted by Gasteiger charge is -2.22. The summed E-state index contributed by atoms with van der Waals surface area (Å²) in [6, 6.07) is 10.5. The highest BCUT2D eigenvalue weighted by atomic mass is 16.1. The van der Waals surface area contributed by atoms with Crippen LogP contribution in [0.15, 0.2) is 30.3 Å². The Hall–Kier alpha value is -1.35. The Kier molecular flexibility index (Phi) is 5.40. The third kappa shape index (κ3) is 4.35. The van der Waals surface area contributed by atoms with Crippen molar-refractivity contribution in [3.05, 3.63) is 35.9 Å². The van der Waals surface area contributed by atoms with Gasteiger partial charge >= 0.3 is 0 Å². The highest BCUT2D eigenvalue weighted by Crippen LogP contribution is 2.18. The average molecular weight is 260 g/mol. The van der Waals surface area contributed by atoms with Gasteiger partial charge in [0.2, 0.25) is 5.91 Å². The van der Waals surface area contributed by atoms with Gasteiger partial charge in [-0.3, -0.25) is 4.79 Å². The lowest BCUT2D eigenvalue weighted by molar-refractivity contribution is -0.125. The maximum absolute atomic E-state index is 12.0. The van der Waals surface area contributed by atoms with Crippen LogP contribution in [-0.2, 0) is 4.79 Å². The molecule has 0 spiro atoms. The van der Waals surface area contributed by atoms with Gasteiger partial charge in [-0.25, -0.2) is 0 Å². The number of nitrogens with one attached hydrogen (secondary N) is 2. The Morgan fingerprint density at radius 1 is 1.32 bits per heavy atom. The minimum Gasteiger partial charge on any atom is -0.356 e. The standard InChI is InChI=1S/C16H24N2O/c1-13(14-5-3-2-4-6-14)7-12-18-16(19)15-8-10-17-11-9-15/h2-6,13,15,17H,7-12H2,1H3,(H,18,19). The Morgan fingerprint density at radius 3 is 2.68 bits per heavy atom. The second-order valence-electron chi connectivity index (χ2n) is 5.42. The van der Waals surface area contributed by atoms with E-state index in [0.29, 0.717) is 5.92 Å². The predicted molar refractivity (Wildman–Crippen MR) is 78.1 cm³/mol. The normalized spacial score (nSPS) is 17.9. The van der Waals surface area contributed by atoms with E-state index in [0.717, 1.165) is 38.9 Å². The molecule has 3 heteroatoms. The van der Waals surface area contributed by atoms with Gasteiger partial charge in [-0.05, 0) is 43.8 Å². The molecule has 19 heavy (non-hydrogen) atoms. The van der Waals surface area contributed by atoms with E-state index in [-0.39, 0.29) is 11.8 Å². The van der Waals surface area contributed by atoms with Crippen molar-refractivity contribution in [2.45, 2.75) is 32.1 Å². The number of carbonyl (C=O) groups is 1. The lowest BCUT2D eigenvalue weighted by atomic mass is 9.96. The van der Waals surface area contributed by atoms with E-state index in [1.165, 1.54) is 5.56 Å². The van der Waals surface area contributed by atoms with Gasteiger partial charge in [0, 0.05) is 12.5 Å². The first-order valence-electron chi connectivity index (χ1n) is 7.30. The first kappa shape index (κ1) is 14.1. The van der Waals surface area contributed by atoms with Crippen LogP contribution in [0.4, 0.5) is 0 Å².